The lowest BCUT2D eigenvalue weighted by Crippen LogP contribution is -2.30. The van der Waals surface area contributed by atoms with Crippen LogP contribution >= 0.6 is 11.6 Å². The number of nitrogens with zero attached hydrogens (tertiary/aromatic N) is 1. The number of halogens is 2. The van der Waals surface area contributed by atoms with E-state index in [2.05, 4.69) is 0 Å². The molecule has 4 rings (SSSR count). The normalized spacial score (nSPS) is 17.3. The number of aliphatic hydroxyl groups excluding tert-OH is 1. The van der Waals surface area contributed by atoms with Gasteiger partial charge in [-0.15, -0.1) is 0 Å². The van der Waals surface area contributed by atoms with E-state index in [1.54, 1.807) is 0 Å². The van der Waals surface area contributed by atoms with Gasteiger partial charge in [-0.1, -0.05) is 29.8 Å². The highest BCUT2D eigenvalue weighted by molar-refractivity contribution is 7.90. The maximum Gasteiger partial charge on any atom is 0.300 e. The van der Waals surface area contributed by atoms with Crippen molar-refractivity contribution in [1.29, 1.82) is 0 Å². The number of ketones is 1. The number of amides is 2. The third-order valence-electron chi connectivity index (χ3n) is 5.47. The molecule has 3 aromatic rings. The second-order valence-electron chi connectivity index (χ2n) is 7.85. The zero-order chi connectivity index (χ0) is 26.2. The average Bonchev–Trinajstić information content (AvgIpc) is 3.09. The maximum absolute atomic E-state index is 14.9. The van der Waals surface area contributed by atoms with Crippen LogP contribution in [0.25, 0.3) is 5.76 Å². The van der Waals surface area contributed by atoms with Gasteiger partial charge in [0.15, 0.2) is 0 Å². The molecule has 0 spiro atoms. The summed E-state index contributed by atoms with van der Waals surface area (Å²) < 4.78 is 41.3. The molecule has 0 radical (unpaired) electrons. The van der Waals surface area contributed by atoms with Crippen molar-refractivity contribution in [2.45, 2.75) is 17.9 Å². The third kappa shape index (κ3) is 4.60. The van der Waals surface area contributed by atoms with Gasteiger partial charge in [-0.25, -0.2) is 17.5 Å². The first-order chi connectivity index (χ1) is 17.0. The van der Waals surface area contributed by atoms with Gasteiger partial charge in [-0.05, 0) is 54.6 Å². The molecule has 8 nitrogen and oxygen atoms in total. The minimum Gasteiger partial charge on any atom is -0.507 e. The zero-order valence-corrected chi connectivity index (χ0v) is 20.2. The fourth-order valence-electron chi connectivity index (χ4n) is 3.89. The van der Waals surface area contributed by atoms with E-state index in [9.17, 15) is 32.3 Å². The number of benzene rings is 3. The standard InChI is InChI=1S/C25H18ClFN2O6S/c1-14(30)28-36(34,35)18-12-10-17(11-13-18)29-22(19-4-2-3-5-20(19)27)21(24(32)25(29)33)23(31)15-6-8-16(26)9-7-15/h2-13,22,31H,1H3,(H,28,30). The largest absolute Gasteiger partial charge is 0.507 e. The summed E-state index contributed by atoms with van der Waals surface area (Å²) in [5, 5.41) is 11.4. The van der Waals surface area contributed by atoms with Crippen LogP contribution in [0, 0.1) is 5.82 Å². The predicted molar refractivity (Wildman–Crippen MR) is 130 cm³/mol. The van der Waals surface area contributed by atoms with Crippen LogP contribution in [0.4, 0.5) is 10.1 Å². The molecule has 1 heterocycles. The molecule has 2 N–H and O–H groups in total. The van der Waals surface area contributed by atoms with Crippen molar-refractivity contribution in [3.8, 4) is 0 Å². The van der Waals surface area contributed by atoms with Gasteiger partial charge in [0, 0.05) is 28.8 Å². The number of hydrogen-bond donors (Lipinski definition) is 2. The number of rotatable bonds is 5. The highest BCUT2D eigenvalue weighted by Gasteiger charge is 2.47. The lowest BCUT2D eigenvalue weighted by molar-refractivity contribution is -0.132. The van der Waals surface area contributed by atoms with Crippen LogP contribution in [0.3, 0.4) is 0 Å². The molecule has 0 bridgehead atoms. The Balaban J connectivity index is 1.88. The number of hydrogen-bond acceptors (Lipinski definition) is 6. The summed E-state index contributed by atoms with van der Waals surface area (Å²) in [7, 11) is -4.15. The number of sulfonamides is 1. The minimum absolute atomic E-state index is 0.0536. The number of anilines is 1. The highest BCUT2D eigenvalue weighted by atomic mass is 35.5. The van der Waals surface area contributed by atoms with Crippen molar-refractivity contribution in [3.05, 3.63) is 100 Å². The Labute approximate surface area is 210 Å². The monoisotopic (exact) mass is 528 g/mol. The first kappa shape index (κ1) is 25.1. The lowest BCUT2D eigenvalue weighted by atomic mass is 9.94. The molecule has 1 saturated heterocycles. The van der Waals surface area contributed by atoms with E-state index in [-0.39, 0.29) is 27.3 Å². The Morgan fingerprint density at radius 3 is 2.19 bits per heavy atom. The minimum atomic E-state index is -4.15. The highest BCUT2D eigenvalue weighted by Crippen LogP contribution is 2.43. The summed E-state index contributed by atoms with van der Waals surface area (Å²) >= 11 is 5.91. The van der Waals surface area contributed by atoms with Gasteiger partial charge in [0.25, 0.3) is 21.7 Å². The molecule has 36 heavy (non-hydrogen) atoms. The molecule has 1 atom stereocenters. The SMILES string of the molecule is CC(=O)NS(=O)(=O)c1ccc(N2C(=O)C(=O)C(=C(O)c3ccc(Cl)cc3)C2c2ccccc2F)cc1. The van der Waals surface area contributed by atoms with E-state index in [0.29, 0.717) is 5.02 Å². The molecule has 3 aromatic carbocycles. The summed E-state index contributed by atoms with van der Waals surface area (Å²) in [6, 6.07) is 14.8. The van der Waals surface area contributed by atoms with Crippen LogP contribution in [-0.4, -0.2) is 31.1 Å². The second kappa shape index (κ2) is 9.56. The van der Waals surface area contributed by atoms with Crippen LogP contribution in [0.1, 0.15) is 24.1 Å². The van der Waals surface area contributed by atoms with E-state index >= 15 is 0 Å². The molecular weight excluding hydrogens is 511 g/mol. The number of aliphatic hydroxyl groups is 1. The summed E-state index contributed by atoms with van der Waals surface area (Å²) in [6.45, 7) is 1.04. The van der Waals surface area contributed by atoms with Crippen LogP contribution in [-0.2, 0) is 24.4 Å². The maximum atomic E-state index is 14.9. The molecule has 1 aliphatic heterocycles. The fraction of sp³-hybridized carbons (Fsp3) is 0.0800. The van der Waals surface area contributed by atoms with E-state index in [1.807, 2.05) is 4.72 Å². The van der Waals surface area contributed by atoms with Crippen molar-refractivity contribution in [2.75, 3.05) is 4.90 Å². The lowest BCUT2D eigenvalue weighted by Gasteiger charge is -2.26. The molecule has 0 saturated carbocycles. The number of Topliss-reactive ketones (excluding diaryl/α,β-unsaturated/α-hetero) is 1. The molecule has 11 heteroatoms. The molecular formula is C25H18ClFN2O6S. The van der Waals surface area contributed by atoms with Gasteiger partial charge in [0.2, 0.25) is 5.91 Å². The Bertz CT molecular complexity index is 1520. The van der Waals surface area contributed by atoms with Gasteiger partial charge in [-0.3, -0.25) is 19.3 Å². The molecule has 1 unspecified atom stereocenters. The number of carbonyl (C=O) groups excluding carboxylic acids is 3. The summed E-state index contributed by atoms with van der Waals surface area (Å²) in [6.07, 6.45) is 0. The van der Waals surface area contributed by atoms with E-state index in [4.69, 9.17) is 11.6 Å². The van der Waals surface area contributed by atoms with Crippen LogP contribution in [0.5, 0.6) is 0 Å². The fourth-order valence-corrected chi connectivity index (χ4v) is 5.00. The Morgan fingerprint density at radius 1 is 1.00 bits per heavy atom. The van der Waals surface area contributed by atoms with Crippen LogP contribution in [0.15, 0.2) is 83.3 Å². The molecule has 1 aliphatic rings. The molecule has 0 aromatic heterocycles. The van der Waals surface area contributed by atoms with E-state index < -0.39 is 45.2 Å². The van der Waals surface area contributed by atoms with Crippen molar-refractivity contribution in [1.82, 2.24) is 4.72 Å². The van der Waals surface area contributed by atoms with Crippen molar-refractivity contribution in [3.63, 3.8) is 0 Å². The smallest absolute Gasteiger partial charge is 0.300 e. The molecule has 2 amide bonds. The van der Waals surface area contributed by atoms with Crippen LogP contribution in [0.2, 0.25) is 5.02 Å². The summed E-state index contributed by atoms with van der Waals surface area (Å²) in [5.74, 6) is -4.12. The quantitative estimate of drug-likeness (QED) is 0.294. The van der Waals surface area contributed by atoms with Gasteiger partial charge in [-0.2, -0.15) is 0 Å². The predicted octanol–water partition coefficient (Wildman–Crippen LogP) is 3.93. The summed E-state index contributed by atoms with van der Waals surface area (Å²) in [4.78, 5) is 38.2. The average molecular weight is 529 g/mol. The van der Waals surface area contributed by atoms with Crippen molar-refractivity contribution >= 4 is 50.7 Å². The second-order valence-corrected chi connectivity index (χ2v) is 9.97. The number of carbonyl (C=O) groups is 3. The topological polar surface area (TPSA) is 121 Å². The van der Waals surface area contributed by atoms with Gasteiger partial charge >= 0.3 is 0 Å². The molecule has 184 valence electrons. The first-order valence-electron chi connectivity index (χ1n) is 10.5. The van der Waals surface area contributed by atoms with Gasteiger partial charge in [0.05, 0.1) is 16.5 Å². The molecule has 0 aliphatic carbocycles. The van der Waals surface area contributed by atoms with Gasteiger partial charge in [0.1, 0.15) is 11.6 Å². The van der Waals surface area contributed by atoms with E-state index in [1.165, 1.54) is 54.6 Å². The Hall–Kier alpha value is -4.02. The summed E-state index contributed by atoms with van der Waals surface area (Å²) in [5.41, 5.74) is -0.137. The Morgan fingerprint density at radius 2 is 1.61 bits per heavy atom. The van der Waals surface area contributed by atoms with E-state index in [0.717, 1.165) is 30.0 Å². The third-order valence-corrected chi connectivity index (χ3v) is 7.17. The van der Waals surface area contributed by atoms with Crippen molar-refractivity contribution < 1.29 is 32.3 Å². The van der Waals surface area contributed by atoms with Crippen LogP contribution < -0.4 is 9.62 Å². The zero-order valence-electron chi connectivity index (χ0n) is 18.6. The van der Waals surface area contributed by atoms with Crippen molar-refractivity contribution in [2.24, 2.45) is 0 Å². The first-order valence-corrected chi connectivity index (χ1v) is 12.3. The molecule has 1 fully saturated rings. The number of nitrogens with one attached hydrogen (secondary N) is 1. The van der Waals surface area contributed by atoms with Gasteiger partial charge < -0.3 is 5.11 Å². The Kier molecular flexibility index (Phi) is 6.66.